The van der Waals surface area contributed by atoms with Crippen molar-refractivity contribution >= 4 is 14.3 Å². The molecule has 0 bridgehead atoms. The summed E-state index contributed by atoms with van der Waals surface area (Å²) in [5.41, 5.74) is 9.09. The molecule has 7 heteroatoms. The van der Waals surface area contributed by atoms with Crippen molar-refractivity contribution < 1.29 is 19.1 Å². The van der Waals surface area contributed by atoms with Gasteiger partial charge in [-0.05, 0) is 62.0 Å². The number of nitrogens with zero attached hydrogens (tertiary/aromatic N) is 1. The van der Waals surface area contributed by atoms with E-state index in [1.165, 1.54) is 37.7 Å². The van der Waals surface area contributed by atoms with Crippen molar-refractivity contribution in [3.63, 3.8) is 0 Å². The smallest absolute Gasteiger partial charge is 0.327 e. The molecule has 0 aliphatic heterocycles. The van der Waals surface area contributed by atoms with Crippen molar-refractivity contribution in [1.82, 2.24) is 0 Å². The van der Waals surface area contributed by atoms with Gasteiger partial charge in [-0.2, -0.15) is 0 Å². The standard InChI is InChI=1S/C21H33N2O4P/c1-16(23-26-14-17-5-3-2-4-6-17)18-7-9-19(10-8-18)20-11-12-21(22,13-20)15-27-28(24)25/h7-10,17,20,24-25H,2-6,11-15,22H2,1H3/b23-16+. The highest BCUT2D eigenvalue weighted by Crippen LogP contribution is 2.41. The minimum absolute atomic E-state index is 0.185. The van der Waals surface area contributed by atoms with Gasteiger partial charge in [0.25, 0.3) is 0 Å². The van der Waals surface area contributed by atoms with Gasteiger partial charge in [-0.1, -0.05) is 48.7 Å². The van der Waals surface area contributed by atoms with Gasteiger partial charge < -0.3 is 24.9 Å². The van der Waals surface area contributed by atoms with E-state index in [2.05, 4.69) is 29.4 Å². The second kappa shape index (κ2) is 10.1. The Kier molecular flexibility index (Phi) is 7.84. The number of rotatable bonds is 8. The summed E-state index contributed by atoms with van der Waals surface area (Å²) in [7, 11) is -2.34. The van der Waals surface area contributed by atoms with Gasteiger partial charge in [-0.3, -0.25) is 0 Å². The summed E-state index contributed by atoms with van der Waals surface area (Å²) >= 11 is 0. The number of hydrogen-bond donors (Lipinski definition) is 3. The summed E-state index contributed by atoms with van der Waals surface area (Å²) in [6.45, 7) is 2.89. The molecule has 4 N–H and O–H groups in total. The molecule has 0 saturated heterocycles. The lowest BCUT2D eigenvalue weighted by atomic mass is 9.90. The minimum atomic E-state index is -2.34. The fraction of sp³-hybridized carbons (Fsp3) is 0.667. The van der Waals surface area contributed by atoms with Gasteiger partial charge in [-0.15, -0.1) is 0 Å². The molecule has 3 rings (SSSR count). The van der Waals surface area contributed by atoms with Gasteiger partial charge >= 0.3 is 8.60 Å². The maximum absolute atomic E-state index is 8.95. The van der Waals surface area contributed by atoms with E-state index in [9.17, 15) is 0 Å². The molecule has 0 spiro atoms. The molecule has 156 valence electrons. The first-order valence-electron chi connectivity index (χ1n) is 10.3. The zero-order chi connectivity index (χ0) is 20.0. The Morgan fingerprint density at radius 1 is 1.18 bits per heavy atom. The predicted molar refractivity (Wildman–Crippen MR) is 112 cm³/mol. The Hall–Kier alpha value is -1.04. The molecule has 2 atom stereocenters. The van der Waals surface area contributed by atoms with Gasteiger partial charge in [0.15, 0.2) is 0 Å². The Balaban J connectivity index is 1.51. The number of hydrogen-bond acceptors (Lipinski definition) is 6. The highest BCUT2D eigenvalue weighted by atomic mass is 31.2. The average molecular weight is 408 g/mol. The van der Waals surface area contributed by atoms with Crippen molar-refractivity contribution in [2.24, 2.45) is 16.8 Å². The van der Waals surface area contributed by atoms with Gasteiger partial charge in [0.1, 0.15) is 6.61 Å². The van der Waals surface area contributed by atoms with Crippen LogP contribution in [0.15, 0.2) is 29.4 Å². The molecule has 6 nitrogen and oxygen atoms in total. The predicted octanol–water partition coefficient (Wildman–Crippen LogP) is 4.20. The second-order valence-electron chi connectivity index (χ2n) is 8.43. The molecule has 2 aliphatic carbocycles. The van der Waals surface area contributed by atoms with Crippen molar-refractivity contribution in [2.75, 3.05) is 13.2 Å². The van der Waals surface area contributed by atoms with Crippen LogP contribution in [0.2, 0.25) is 0 Å². The van der Waals surface area contributed by atoms with Crippen LogP contribution >= 0.6 is 8.60 Å². The number of oxime groups is 1. The third-order valence-electron chi connectivity index (χ3n) is 6.15. The van der Waals surface area contributed by atoms with Crippen molar-refractivity contribution in [1.29, 1.82) is 0 Å². The van der Waals surface area contributed by atoms with E-state index >= 15 is 0 Å². The van der Waals surface area contributed by atoms with E-state index in [-0.39, 0.29) is 6.61 Å². The van der Waals surface area contributed by atoms with Crippen LogP contribution in [0.3, 0.4) is 0 Å². The van der Waals surface area contributed by atoms with Crippen LogP contribution in [0.1, 0.15) is 75.3 Å². The van der Waals surface area contributed by atoms with E-state index in [1.807, 2.05) is 6.92 Å². The first kappa shape index (κ1) is 21.7. The fourth-order valence-corrected chi connectivity index (χ4v) is 4.77. The summed E-state index contributed by atoms with van der Waals surface area (Å²) in [5.74, 6) is 1.02. The molecule has 2 fully saturated rings. The Morgan fingerprint density at radius 2 is 1.89 bits per heavy atom. The van der Waals surface area contributed by atoms with Crippen LogP contribution in [-0.2, 0) is 9.36 Å². The van der Waals surface area contributed by atoms with Crippen LogP contribution in [-0.4, -0.2) is 34.3 Å². The third kappa shape index (κ3) is 6.23. The summed E-state index contributed by atoms with van der Waals surface area (Å²) < 4.78 is 4.97. The lowest BCUT2D eigenvalue weighted by molar-refractivity contribution is 0.0916. The van der Waals surface area contributed by atoms with Crippen molar-refractivity contribution in [3.8, 4) is 0 Å². The van der Waals surface area contributed by atoms with E-state index in [0.717, 1.165) is 37.1 Å². The first-order chi connectivity index (χ1) is 13.5. The zero-order valence-electron chi connectivity index (χ0n) is 16.7. The SMILES string of the molecule is C/C(=N\OCC1CCCCC1)c1ccc(C2CCC(N)(COP(O)O)C2)cc1. The molecule has 28 heavy (non-hydrogen) atoms. The van der Waals surface area contributed by atoms with E-state index < -0.39 is 14.1 Å². The monoisotopic (exact) mass is 408 g/mol. The Bertz CT molecular complexity index is 646. The van der Waals surface area contributed by atoms with Crippen molar-refractivity contribution in [2.45, 2.75) is 69.7 Å². The Morgan fingerprint density at radius 3 is 2.57 bits per heavy atom. The van der Waals surface area contributed by atoms with Crippen LogP contribution in [0.4, 0.5) is 0 Å². The first-order valence-corrected chi connectivity index (χ1v) is 11.5. The van der Waals surface area contributed by atoms with Crippen LogP contribution < -0.4 is 5.73 Å². The van der Waals surface area contributed by atoms with Gasteiger partial charge in [-0.25, -0.2) is 0 Å². The zero-order valence-corrected chi connectivity index (χ0v) is 17.6. The average Bonchev–Trinajstić information content (AvgIpc) is 3.10. The molecule has 2 aliphatic rings. The molecular weight excluding hydrogens is 375 g/mol. The highest BCUT2D eigenvalue weighted by molar-refractivity contribution is 7.39. The normalized spacial score (nSPS) is 26.8. The summed E-state index contributed by atoms with van der Waals surface area (Å²) in [6, 6.07) is 8.45. The Labute approximate surface area is 169 Å². The summed E-state index contributed by atoms with van der Waals surface area (Å²) in [5, 5.41) is 4.31. The van der Waals surface area contributed by atoms with E-state index in [1.54, 1.807) is 0 Å². The third-order valence-corrected chi connectivity index (χ3v) is 6.51. The van der Waals surface area contributed by atoms with Gasteiger partial charge in [0.2, 0.25) is 0 Å². The lowest BCUT2D eigenvalue weighted by Gasteiger charge is -2.24. The molecule has 0 heterocycles. The van der Waals surface area contributed by atoms with Crippen molar-refractivity contribution in [3.05, 3.63) is 35.4 Å². The molecule has 0 radical (unpaired) electrons. The maximum Gasteiger partial charge on any atom is 0.327 e. The number of nitrogens with two attached hydrogens (primary N) is 1. The van der Waals surface area contributed by atoms with Crippen LogP contribution in [0, 0.1) is 5.92 Å². The summed E-state index contributed by atoms with van der Waals surface area (Å²) in [6.07, 6.45) is 9.09. The maximum atomic E-state index is 8.95. The minimum Gasteiger partial charge on any atom is -0.395 e. The van der Waals surface area contributed by atoms with Gasteiger partial charge in [0.05, 0.1) is 12.3 Å². The highest BCUT2D eigenvalue weighted by Gasteiger charge is 2.37. The molecular formula is C21H33N2O4P. The topological polar surface area (TPSA) is 97.3 Å². The number of benzene rings is 1. The fourth-order valence-electron chi connectivity index (χ4n) is 4.40. The van der Waals surface area contributed by atoms with Crippen LogP contribution in [0.5, 0.6) is 0 Å². The van der Waals surface area contributed by atoms with E-state index in [4.69, 9.17) is 24.9 Å². The molecule has 2 unspecified atom stereocenters. The van der Waals surface area contributed by atoms with Crippen LogP contribution in [0.25, 0.3) is 0 Å². The molecule has 2 saturated carbocycles. The second-order valence-corrected chi connectivity index (χ2v) is 9.19. The largest absolute Gasteiger partial charge is 0.395 e. The lowest BCUT2D eigenvalue weighted by Crippen LogP contribution is -2.41. The molecule has 1 aromatic carbocycles. The van der Waals surface area contributed by atoms with Gasteiger partial charge in [0, 0.05) is 5.54 Å². The summed E-state index contributed by atoms with van der Waals surface area (Å²) in [4.78, 5) is 23.5. The quantitative estimate of drug-likeness (QED) is 0.340. The molecule has 0 amide bonds. The van der Waals surface area contributed by atoms with E-state index in [0.29, 0.717) is 11.8 Å². The molecule has 1 aromatic rings. The molecule has 0 aromatic heterocycles.